The number of thiol groups is 1. The first-order chi connectivity index (χ1) is 7.59. The molecular formula is C13H25IO2S. The largest absolute Gasteiger partial charge is 0.461 e. The predicted molar refractivity (Wildman–Crippen MR) is 85.0 cm³/mol. The highest BCUT2D eigenvalue weighted by Gasteiger charge is 2.37. The van der Waals surface area contributed by atoms with Gasteiger partial charge in [-0.15, -0.1) is 0 Å². The molecule has 2 nitrogen and oxygen atoms in total. The maximum Gasteiger partial charge on any atom is 0.312 e. The molecular weight excluding hydrogens is 347 g/mol. The average molecular weight is 372 g/mol. The molecule has 0 saturated carbocycles. The summed E-state index contributed by atoms with van der Waals surface area (Å²) in [6.07, 6.45) is 0.862. The molecule has 0 aromatic rings. The van der Waals surface area contributed by atoms with E-state index in [1.54, 1.807) is 0 Å². The standard InChI is InChI=1S/C13H25IO2S/c1-8(2)7-11(17)13(5,6)12(15)16-10(4)9(3)14/h8-11,17H,7H2,1-6H3. The van der Waals surface area contributed by atoms with Gasteiger partial charge in [-0.25, -0.2) is 0 Å². The van der Waals surface area contributed by atoms with Crippen LogP contribution in [0, 0.1) is 11.3 Å². The molecule has 0 N–H and O–H groups in total. The van der Waals surface area contributed by atoms with Crippen molar-refractivity contribution in [3.63, 3.8) is 0 Å². The Hall–Kier alpha value is 0.550. The topological polar surface area (TPSA) is 26.3 Å². The van der Waals surface area contributed by atoms with Gasteiger partial charge in [-0.2, -0.15) is 12.6 Å². The highest BCUT2D eigenvalue weighted by Crippen LogP contribution is 2.32. The van der Waals surface area contributed by atoms with Gasteiger partial charge in [-0.1, -0.05) is 36.4 Å². The molecule has 0 rings (SSSR count). The summed E-state index contributed by atoms with van der Waals surface area (Å²) >= 11 is 6.83. The first-order valence-corrected chi connectivity index (χ1v) is 7.88. The minimum Gasteiger partial charge on any atom is -0.461 e. The zero-order chi connectivity index (χ0) is 13.8. The van der Waals surface area contributed by atoms with Crippen molar-refractivity contribution in [1.82, 2.24) is 0 Å². The first kappa shape index (κ1) is 17.6. The van der Waals surface area contributed by atoms with Crippen LogP contribution in [0.3, 0.4) is 0 Å². The van der Waals surface area contributed by atoms with E-state index in [0.29, 0.717) is 9.84 Å². The van der Waals surface area contributed by atoms with Crippen molar-refractivity contribution in [2.75, 3.05) is 0 Å². The lowest BCUT2D eigenvalue weighted by Gasteiger charge is -2.31. The second-order valence-corrected chi connectivity index (χ2v) is 8.24. The van der Waals surface area contributed by atoms with Gasteiger partial charge in [-0.3, -0.25) is 4.79 Å². The van der Waals surface area contributed by atoms with E-state index in [-0.39, 0.29) is 17.3 Å². The Morgan fingerprint density at radius 1 is 1.29 bits per heavy atom. The summed E-state index contributed by atoms with van der Waals surface area (Å²) in [6.45, 7) is 12.1. The number of hydrogen-bond donors (Lipinski definition) is 1. The third kappa shape index (κ3) is 5.81. The van der Waals surface area contributed by atoms with Crippen LogP contribution < -0.4 is 0 Å². The van der Waals surface area contributed by atoms with E-state index < -0.39 is 5.41 Å². The Balaban J connectivity index is 4.53. The Labute approximate surface area is 125 Å². The number of carbonyl (C=O) groups excluding carboxylic acids is 1. The van der Waals surface area contributed by atoms with Crippen molar-refractivity contribution < 1.29 is 9.53 Å². The molecule has 0 spiro atoms. The maximum absolute atomic E-state index is 12.1. The van der Waals surface area contributed by atoms with E-state index in [1.165, 1.54) is 0 Å². The Kier molecular flexibility index (Phi) is 7.45. The van der Waals surface area contributed by atoms with Gasteiger partial charge in [0.15, 0.2) is 0 Å². The highest BCUT2D eigenvalue weighted by atomic mass is 127. The van der Waals surface area contributed by atoms with Crippen LogP contribution in [-0.2, 0) is 9.53 Å². The van der Waals surface area contributed by atoms with Crippen LogP contribution in [-0.4, -0.2) is 21.2 Å². The van der Waals surface area contributed by atoms with Crippen molar-refractivity contribution in [1.29, 1.82) is 0 Å². The molecule has 0 bridgehead atoms. The van der Waals surface area contributed by atoms with E-state index in [1.807, 2.05) is 27.7 Å². The van der Waals surface area contributed by atoms with Crippen LogP contribution in [0.4, 0.5) is 0 Å². The van der Waals surface area contributed by atoms with E-state index >= 15 is 0 Å². The molecule has 0 amide bonds. The second kappa shape index (κ2) is 7.22. The third-order valence-corrected chi connectivity index (χ3v) is 4.86. The van der Waals surface area contributed by atoms with Crippen molar-refractivity contribution in [3.8, 4) is 0 Å². The zero-order valence-electron chi connectivity index (χ0n) is 11.7. The van der Waals surface area contributed by atoms with Crippen molar-refractivity contribution in [2.24, 2.45) is 11.3 Å². The normalized spacial score (nSPS) is 17.7. The van der Waals surface area contributed by atoms with Gasteiger partial charge in [0.25, 0.3) is 0 Å². The number of alkyl halides is 1. The molecule has 0 heterocycles. The van der Waals surface area contributed by atoms with E-state index in [2.05, 4.69) is 49.1 Å². The molecule has 4 heteroatoms. The minimum atomic E-state index is -0.535. The third-order valence-electron chi connectivity index (χ3n) is 2.99. The molecule has 3 unspecified atom stereocenters. The van der Waals surface area contributed by atoms with Crippen LogP contribution in [0.2, 0.25) is 0 Å². The number of halogens is 1. The summed E-state index contributed by atoms with van der Waals surface area (Å²) in [7, 11) is 0. The quantitative estimate of drug-likeness (QED) is 0.329. The molecule has 0 fully saturated rings. The van der Waals surface area contributed by atoms with Gasteiger partial charge in [0.05, 0.1) is 5.41 Å². The fourth-order valence-electron chi connectivity index (χ4n) is 1.29. The van der Waals surface area contributed by atoms with Crippen LogP contribution in [0.5, 0.6) is 0 Å². The molecule has 0 radical (unpaired) electrons. The van der Waals surface area contributed by atoms with Gasteiger partial charge < -0.3 is 4.74 Å². The maximum atomic E-state index is 12.1. The van der Waals surface area contributed by atoms with Crippen molar-refractivity contribution in [3.05, 3.63) is 0 Å². The molecule has 0 aliphatic carbocycles. The van der Waals surface area contributed by atoms with Crippen LogP contribution >= 0.6 is 35.2 Å². The lowest BCUT2D eigenvalue weighted by molar-refractivity contribution is -0.158. The first-order valence-electron chi connectivity index (χ1n) is 6.12. The van der Waals surface area contributed by atoms with Crippen LogP contribution in [0.1, 0.15) is 48.0 Å². The highest BCUT2D eigenvalue weighted by molar-refractivity contribution is 14.1. The Morgan fingerprint density at radius 3 is 2.12 bits per heavy atom. The predicted octanol–water partition coefficient (Wildman–Crippen LogP) is 4.11. The molecule has 0 aliphatic heterocycles. The minimum absolute atomic E-state index is 0.0340. The fourth-order valence-corrected chi connectivity index (χ4v) is 1.97. The van der Waals surface area contributed by atoms with Gasteiger partial charge in [-0.05, 0) is 40.0 Å². The summed E-state index contributed by atoms with van der Waals surface area (Å²) in [4.78, 5) is 12.1. The monoisotopic (exact) mass is 372 g/mol. The molecule has 0 aromatic carbocycles. The smallest absolute Gasteiger partial charge is 0.312 e. The summed E-state index contributed by atoms with van der Waals surface area (Å²) in [5.41, 5.74) is -0.535. The van der Waals surface area contributed by atoms with Crippen molar-refractivity contribution >= 4 is 41.2 Å². The lowest BCUT2D eigenvalue weighted by atomic mass is 9.84. The van der Waals surface area contributed by atoms with E-state index in [9.17, 15) is 4.79 Å². The molecule has 0 aliphatic rings. The van der Waals surface area contributed by atoms with Crippen LogP contribution in [0.25, 0.3) is 0 Å². The number of ether oxygens (including phenoxy) is 1. The lowest BCUT2D eigenvalue weighted by Crippen LogP contribution is -2.39. The zero-order valence-corrected chi connectivity index (χ0v) is 14.7. The number of rotatable bonds is 6. The van der Waals surface area contributed by atoms with E-state index in [4.69, 9.17) is 4.74 Å². The van der Waals surface area contributed by atoms with Gasteiger partial charge >= 0.3 is 5.97 Å². The number of carbonyl (C=O) groups is 1. The van der Waals surface area contributed by atoms with E-state index in [0.717, 1.165) is 6.42 Å². The van der Waals surface area contributed by atoms with Gasteiger partial charge in [0.1, 0.15) is 6.10 Å². The Morgan fingerprint density at radius 2 is 1.76 bits per heavy atom. The average Bonchev–Trinajstić information content (AvgIpc) is 2.15. The number of hydrogen-bond acceptors (Lipinski definition) is 3. The van der Waals surface area contributed by atoms with Gasteiger partial charge in [0.2, 0.25) is 0 Å². The fraction of sp³-hybridized carbons (Fsp3) is 0.923. The second-order valence-electron chi connectivity index (χ2n) is 5.66. The summed E-state index contributed by atoms with van der Waals surface area (Å²) in [5, 5.41) is 0.0340. The molecule has 102 valence electrons. The summed E-state index contributed by atoms with van der Waals surface area (Å²) < 4.78 is 5.80. The number of esters is 1. The van der Waals surface area contributed by atoms with Gasteiger partial charge in [0, 0.05) is 9.17 Å². The summed E-state index contributed by atoms with van der Waals surface area (Å²) in [5.74, 6) is 0.389. The Bertz CT molecular complexity index is 252. The van der Waals surface area contributed by atoms with Crippen LogP contribution in [0.15, 0.2) is 0 Å². The summed E-state index contributed by atoms with van der Waals surface area (Å²) in [6, 6.07) is 0. The molecule has 3 atom stereocenters. The SMILES string of the molecule is CC(C)CC(S)C(C)(C)C(=O)OC(C)C(C)I. The molecule has 0 aromatic heterocycles. The molecule has 0 saturated heterocycles. The molecule has 17 heavy (non-hydrogen) atoms. The van der Waals surface area contributed by atoms with Crippen molar-refractivity contribution in [2.45, 2.75) is 63.2 Å².